The predicted octanol–water partition coefficient (Wildman–Crippen LogP) is 2.09. The maximum Gasteiger partial charge on any atom is 0.336 e. The molecule has 2 aromatic carbocycles. The number of ether oxygens (including phenoxy) is 1. The maximum atomic E-state index is 12.4. The third-order valence-corrected chi connectivity index (χ3v) is 5.79. The molecule has 3 N–H and O–H groups in total. The number of carboxylic acids is 1. The number of sulfonamides is 1. The van der Waals surface area contributed by atoms with E-state index in [2.05, 4.69) is 10.0 Å². The summed E-state index contributed by atoms with van der Waals surface area (Å²) in [5.41, 5.74) is 0.255. The smallest absolute Gasteiger partial charge is 0.336 e. The molecule has 0 aromatic heterocycles. The van der Waals surface area contributed by atoms with Gasteiger partial charge in [0.25, 0.3) is 5.91 Å². The van der Waals surface area contributed by atoms with Gasteiger partial charge in [-0.15, -0.1) is 0 Å². The molecule has 0 saturated carbocycles. The van der Waals surface area contributed by atoms with Crippen LogP contribution in [0.5, 0.6) is 0 Å². The molecular weight excluding hydrogens is 384 g/mol. The first-order valence-electron chi connectivity index (χ1n) is 8.72. The quantitative estimate of drug-likeness (QED) is 0.650. The Morgan fingerprint density at radius 3 is 2.36 bits per heavy atom. The average Bonchev–Trinajstić information content (AvgIpc) is 3.20. The van der Waals surface area contributed by atoms with E-state index in [0.717, 1.165) is 12.8 Å². The fraction of sp³-hybridized carbons (Fsp3) is 0.263. The maximum absolute atomic E-state index is 12.4. The summed E-state index contributed by atoms with van der Waals surface area (Å²) in [7, 11) is -3.68. The van der Waals surface area contributed by atoms with Crippen LogP contribution in [0.25, 0.3) is 0 Å². The van der Waals surface area contributed by atoms with Crippen LogP contribution in [-0.4, -0.2) is 44.7 Å². The molecule has 28 heavy (non-hydrogen) atoms. The molecule has 1 unspecified atom stereocenters. The summed E-state index contributed by atoms with van der Waals surface area (Å²) in [6.45, 7) is 0.860. The third kappa shape index (κ3) is 4.75. The van der Waals surface area contributed by atoms with Crippen LogP contribution in [0.3, 0.4) is 0 Å². The fourth-order valence-electron chi connectivity index (χ4n) is 2.87. The third-order valence-electron chi connectivity index (χ3n) is 4.35. The molecule has 1 aliphatic heterocycles. The van der Waals surface area contributed by atoms with Crippen LogP contribution < -0.4 is 10.0 Å². The Balaban J connectivity index is 1.67. The largest absolute Gasteiger partial charge is 0.478 e. The molecule has 1 heterocycles. The van der Waals surface area contributed by atoms with Gasteiger partial charge in [0.15, 0.2) is 0 Å². The number of carbonyl (C=O) groups is 2. The van der Waals surface area contributed by atoms with Crippen molar-refractivity contribution < 1.29 is 27.9 Å². The van der Waals surface area contributed by atoms with Crippen LogP contribution in [0.4, 0.5) is 5.69 Å². The van der Waals surface area contributed by atoms with E-state index < -0.39 is 21.9 Å². The SMILES string of the molecule is O=C(O)c1ccccc1C(=O)Nc1ccc(S(=O)(=O)NCC2CCCO2)cc1. The first-order chi connectivity index (χ1) is 13.4. The molecular formula is C19H20N2O6S. The molecule has 1 aliphatic rings. The topological polar surface area (TPSA) is 122 Å². The van der Waals surface area contributed by atoms with Crippen molar-refractivity contribution in [2.24, 2.45) is 0 Å². The molecule has 2 aromatic rings. The van der Waals surface area contributed by atoms with E-state index in [1.807, 2.05) is 0 Å². The van der Waals surface area contributed by atoms with Gasteiger partial charge in [-0.25, -0.2) is 17.9 Å². The van der Waals surface area contributed by atoms with E-state index in [1.165, 1.54) is 42.5 Å². The molecule has 1 amide bonds. The number of aromatic carboxylic acids is 1. The standard InChI is InChI=1S/C19H20N2O6S/c22-18(16-5-1-2-6-17(16)19(23)24)21-13-7-9-15(10-8-13)28(25,26)20-12-14-4-3-11-27-14/h1-2,5-10,14,20H,3-4,11-12H2,(H,21,22)(H,23,24). The van der Waals surface area contributed by atoms with E-state index in [-0.39, 0.29) is 28.7 Å². The minimum atomic E-state index is -3.68. The fourth-order valence-corrected chi connectivity index (χ4v) is 3.94. The number of carboxylic acid groups (broad SMARTS) is 1. The molecule has 9 heteroatoms. The summed E-state index contributed by atoms with van der Waals surface area (Å²) in [4.78, 5) is 23.6. The van der Waals surface area contributed by atoms with E-state index in [9.17, 15) is 23.1 Å². The van der Waals surface area contributed by atoms with Crippen LogP contribution in [0.1, 0.15) is 33.6 Å². The van der Waals surface area contributed by atoms with Gasteiger partial charge in [0, 0.05) is 18.8 Å². The zero-order valence-corrected chi connectivity index (χ0v) is 15.7. The van der Waals surface area contributed by atoms with Crippen LogP contribution in [0.15, 0.2) is 53.4 Å². The second-order valence-electron chi connectivity index (χ2n) is 6.32. The number of rotatable bonds is 7. The van der Waals surface area contributed by atoms with E-state index in [1.54, 1.807) is 6.07 Å². The highest BCUT2D eigenvalue weighted by Gasteiger charge is 2.20. The Morgan fingerprint density at radius 1 is 1.07 bits per heavy atom. The van der Waals surface area contributed by atoms with Crippen molar-refractivity contribution in [3.05, 3.63) is 59.7 Å². The lowest BCUT2D eigenvalue weighted by atomic mass is 10.1. The van der Waals surface area contributed by atoms with Gasteiger partial charge in [-0.3, -0.25) is 4.79 Å². The zero-order chi connectivity index (χ0) is 20.1. The molecule has 0 aliphatic carbocycles. The first-order valence-corrected chi connectivity index (χ1v) is 10.2. The molecule has 8 nitrogen and oxygen atoms in total. The molecule has 148 valence electrons. The molecule has 1 fully saturated rings. The summed E-state index contributed by atoms with van der Waals surface area (Å²) in [6.07, 6.45) is 1.64. The average molecular weight is 404 g/mol. The summed E-state index contributed by atoms with van der Waals surface area (Å²) >= 11 is 0. The first kappa shape index (κ1) is 20.0. The molecule has 0 radical (unpaired) electrons. The van der Waals surface area contributed by atoms with Crippen LogP contribution >= 0.6 is 0 Å². The van der Waals surface area contributed by atoms with Crippen LogP contribution in [0, 0.1) is 0 Å². The minimum Gasteiger partial charge on any atom is -0.478 e. The molecule has 0 spiro atoms. The normalized spacial score (nSPS) is 16.6. The Bertz CT molecular complexity index is 966. The number of hydrogen-bond donors (Lipinski definition) is 3. The highest BCUT2D eigenvalue weighted by atomic mass is 32.2. The van der Waals surface area contributed by atoms with Crippen molar-refractivity contribution in [2.75, 3.05) is 18.5 Å². The van der Waals surface area contributed by atoms with Crippen molar-refractivity contribution in [3.63, 3.8) is 0 Å². The number of amides is 1. The molecule has 1 saturated heterocycles. The van der Waals surface area contributed by atoms with E-state index >= 15 is 0 Å². The number of benzene rings is 2. The van der Waals surface area contributed by atoms with Gasteiger partial charge < -0.3 is 15.2 Å². The van der Waals surface area contributed by atoms with Gasteiger partial charge in [0.05, 0.1) is 22.1 Å². The van der Waals surface area contributed by atoms with Gasteiger partial charge in [-0.1, -0.05) is 12.1 Å². The summed E-state index contributed by atoms with van der Waals surface area (Å²) in [6, 6.07) is 11.5. The summed E-state index contributed by atoms with van der Waals surface area (Å²) in [5, 5.41) is 11.7. The Hall–Kier alpha value is -2.75. The van der Waals surface area contributed by atoms with Crippen molar-refractivity contribution >= 4 is 27.6 Å². The van der Waals surface area contributed by atoms with E-state index in [4.69, 9.17) is 4.74 Å². The highest BCUT2D eigenvalue weighted by Crippen LogP contribution is 2.17. The van der Waals surface area contributed by atoms with Crippen molar-refractivity contribution in [1.82, 2.24) is 4.72 Å². The van der Waals surface area contributed by atoms with Crippen LogP contribution in [-0.2, 0) is 14.8 Å². The number of anilines is 1. The monoisotopic (exact) mass is 404 g/mol. The molecule has 1 atom stereocenters. The number of hydrogen-bond acceptors (Lipinski definition) is 5. The summed E-state index contributed by atoms with van der Waals surface area (Å²) in [5.74, 6) is -1.80. The van der Waals surface area contributed by atoms with E-state index in [0.29, 0.717) is 12.3 Å². The van der Waals surface area contributed by atoms with Gasteiger partial charge in [0.1, 0.15) is 0 Å². The van der Waals surface area contributed by atoms with Gasteiger partial charge in [-0.2, -0.15) is 0 Å². The van der Waals surface area contributed by atoms with Crippen molar-refractivity contribution in [1.29, 1.82) is 0 Å². The number of carbonyl (C=O) groups excluding carboxylic acids is 1. The predicted molar refractivity (Wildman–Crippen MR) is 102 cm³/mol. The molecule has 3 rings (SSSR count). The minimum absolute atomic E-state index is 0.0185. The van der Waals surface area contributed by atoms with Crippen molar-refractivity contribution in [3.8, 4) is 0 Å². The van der Waals surface area contributed by atoms with Gasteiger partial charge in [0.2, 0.25) is 10.0 Å². The number of nitrogens with one attached hydrogen (secondary N) is 2. The molecule has 0 bridgehead atoms. The Labute approximate surface area is 162 Å². The lowest BCUT2D eigenvalue weighted by Crippen LogP contribution is -2.31. The zero-order valence-electron chi connectivity index (χ0n) is 14.9. The Morgan fingerprint density at radius 2 is 1.75 bits per heavy atom. The van der Waals surface area contributed by atoms with Gasteiger partial charge in [-0.05, 0) is 49.2 Å². The highest BCUT2D eigenvalue weighted by molar-refractivity contribution is 7.89. The van der Waals surface area contributed by atoms with Crippen LogP contribution in [0.2, 0.25) is 0 Å². The van der Waals surface area contributed by atoms with Gasteiger partial charge >= 0.3 is 5.97 Å². The lowest BCUT2D eigenvalue weighted by Gasteiger charge is -2.12. The lowest BCUT2D eigenvalue weighted by molar-refractivity contribution is 0.0692. The Kier molecular flexibility index (Phi) is 6.08. The second kappa shape index (κ2) is 8.51. The summed E-state index contributed by atoms with van der Waals surface area (Å²) < 4.78 is 32.6. The second-order valence-corrected chi connectivity index (χ2v) is 8.08. The van der Waals surface area contributed by atoms with Crippen molar-refractivity contribution in [2.45, 2.75) is 23.8 Å².